The largest absolute Gasteiger partial charge is 0.478 e. The number of aromatic carboxylic acids is 1. The summed E-state index contributed by atoms with van der Waals surface area (Å²) in [6, 6.07) is 9.00. The number of anilines is 2. The van der Waals surface area contributed by atoms with E-state index in [4.69, 9.17) is 4.42 Å². The Morgan fingerprint density at radius 1 is 1.19 bits per heavy atom. The summed E-state index contributed by atoms with van der Waals surface area (Å²) < 4.78 is 5.87. The van der Waals surface area contributed by atoms with Crippen LogP contribution >= 0.6 is 27.3 Å². The molecule has 0 saturated carbocycles. The molecule has 0 aliphatic rings. The standard InChI is InChI=1S/C19H15BrN2O4S/c1-2-14(21-13-7-8-26-9-13)18(23)22-15-10-27-17(16(15)19(24)25)11-3-5-12(20)6-4-11/h2-10,21H,1H3,(H,22,23)(H,24,25)/b14-2-. The maximum absolute atomic E-state index is 12.6. The van der Waals surface area contributed by atoms with E-state index in [1.165, 1.54) is 23.9 Å². The Morgan fingerprint density at radius 3 is 2.52 bits per heavy atom. The first-order valence-corrected chi connectivity index (χ1v) is 9.54. The topological polar surface area (TPSA) is 91.6 Å². The summed E-state index contributed by atoms with van der Waals surface area (Å²) in [5.74, 6) is -1.55. The highest BCUT2D eigenvalue weighted by molar-refractivity contribution is 9.10. The van der Waals surface area contributed by atoms with E-state index < -0.39 is 11.9 Å². The van der Waals surface area contributed by atoms with Gasteiger partial charge in [0.15, 0.2) is 0 Å². The van der Waals surface area contributed by atoms with E-state index in [0.717, 1.165) is 10.0 Å². The summed E-state index contributed by atoms with van der Waals surface area (Å²) in [7, 11) is 0. The summed E-state index contributed by atoms with van der Waals surface area (Å²) >= 11 is 4.63. The van der Waals surface area contributed by atoms with Crippen LogP contribution in [0.4, 0.5) is 11.4 Å². The van der Waals surface area contributed by atoms with Gasteiger partial charge in [-0.2, -0.15) is 0 Å². The summed E-state index contributed by atoms with van der Waals surface area (Å²) in [5, 5.41) is 16.9. The van der Waals surface area contributed by atoms with Gasteiger partial charge in [-0.15, -0.1) is 11.3 Å². The van der Waals surface area contributed by atoms with Crippen molar-refractivity contribution in [3.63, 3.8) is 0 Å². The van der Waals surface area contributed by atoms with E-state index in [9.17, 15) is 14.7 Å². The molecule has 0 atom stereocenters. The lowest BCUT2D eigenvalue weighted by Crippen LogP contribution is -2.20. The van der Waals surface area contributed by atoms with Crippen molar-refractivity contribution in [2.24, 2.45) is 0 Å². The average molecular weight is 447 g/mol. The van der Waals surface area contributed by atoms with E-state index in [0.29, 0.717) is 10.6 Å². The third-order valence-corrected chi connectivity index (χ3v) is 5.25. The number of amides is 1. The molecule has 3 N–H and O–H groups in total. The second kappa shape index (κ2) is 8.24. The molecule has 0 spiro atoms. The third-order valence-electron chi connectivity index (χ3n) is 3.69. The van der Waals surface area contributed by atoms with Crippen molar-refractivity contribution in [2.75, 3.05) is 10.6 Å². The molecule has 27 heavy (non-hydrogen) atoms. The molecule has 6 nitrogen and oxygen atoms in total. The minimum atomic E-state index is -1.10. The quantitative estimate of drug-likeness (QED) is 0.439. The van der Waals surface area contributed by atoms with Crippen LogP contribution in [0, 0.1) is 0 Å². The highest BCUT2D eigenvalue weighted by Crippen LogP contribution is 2.36. The van der Waals surface area contributed by atoms with Gasteiger partial charge in [0.25, 0.3) is 5.91 Å². The number of benzene rings is 1. The van der Waals surface area contributed by atoms with Crippen molar-refractivity contribution in [2.45, 2.75) is 6.92 Å². The fraction of sp³-hybridized carbons (Fsp3) is 0.0526. The maximum Gasteiger partial charge on any atom is 0.339 e. The van der Waals surface area contributed by atoms with Gasteiger partial charge in [0, 0.05) is 9.85 Å². The Bertz CT molecular complexity index is 991. The normalized spacial score (nSPS) is 11.3. The number of carbonyl (C=O) groups excluding carboxylic acids is 1. The molecular weight excluding hydrogens is 432 g/mol. The summed E-state index contributed by atoms with van der Waals surface area (Å²) in [6.07, 6.45) is 4.56. The van der Waals surface area contributed by atoms with Gasteiger partial charge in [-0.1, -0.05) is 34.1 Å². The minimum absolute atomic E-state index is 0.0643. The highest BCUT2D eigenvalue weighted by atomic mass is 79.9. The van der Waals surface area contributed by atoms with E-state index in [1.54, 1.807) is 24.4 Å². The lowest BCUT2D eigenvalue weighted by molar-refractivity contribution is -0.112. The van der Waals surface area contributed by atoms with Crippen LogP contribution in [-0.2, 0) is 4.79 Å². The molecule has 0 aliphatic heterocycles. The van der Waals surface area contributed by atoms with Crippen molar-refractivity contribution < 1.29 is 19.1 Å². The fourth-order valence-electron chi connectivity index (χ4n) is 2.42. The number of hydrogen-bond donors (Lipinski definition) is 3. The van der Waals surface area contributed by atoms with Gasteiger partial charge in [0.05, 0.1) is 22.5 Å². The molecule has 1 amide bonds. The predicted octanol–water partition coefficient (Wildman–Crippen LogP) is 5.42. The first kappa shape index (κ1) is 18.9. The maximum atomic E-state index is 12.6. The van der Waals surface area contributed by atoms with Crippen molar-refractivity contribution in [1.29, 1.82) is 0 Å². The predicted molar refractivity (Wildman–Crippen MR) is 109 cm³/mol. The summed E-state index contributed by atoms with van der Waals surface area (Å²) in [6.45, 7) is 1.71. The van der Waals surface area contributed by atoms with Gasteiger partial charge in [0.2, 0.25) is 0 Å². The molecule has 2 aromatic heterocycles. The number of hydrogen-bond acceptors (Lipinski definition) is 5. The lowest BCUT2D eigenvalue weighted by atomic mass is 10.1. The zero-order valence-electron chi connectivity index (χ0n) is 14.2. The van der Waals surface area contributed by atoms with Crippen LogP contribution in [0.15, 0.2) is 68.9 Å². The number of allylic oxidation sites excluding steroid dienone is 1. The van der Waals surface area contributed by atoms with E-state index in [2.05, 4.69) is 26.6 Å². The van der Waals surface area contributed by atoms with E-state index >= 15 is 0 Å². The molecule has 0 bridgehead atoms. The number of nitrogens with one attached hydrogen (secondary N) is 2. The Balaban J connectivity index is 1.87. The van der Waals surface area contributed by atoms with Gasteiger partial charge in [-0.25, -0.2) is 4.79 Å². The number of thiophene rings is 1. The summed E-state index contributed by atoms with van der Waals surface area (Å²) in [4.78, 5) is 25.0. The van der Waals surface area contributed by atoms with Crippen LogP contribution < -0.4 is 10.6 Å². The van der Waals surface area contributed by atoms with Crippen LogP contribution in [0.3, 0.4) is 0 Å². The van der Waals surface area contributed by atoms with Crippen LogP contribution in [0.5, 0.6) is 0 Å². The number of rotatable bonds is 6. The first-order valence-electron chi connectivity index (χ1n) is 7.87. The average Bonchev–Trinajstić information content (AvgIpc) is 3.30. The molecule has 138 valence electrons. The van der Waals surface area contributed by atoms with Gasteiger partial charge in [-0.3, -0.25) is 4.79 Å². The Morgan fingerprint density at radius 2 is 1.93 bits per heavy atom. The Hall–Kier alpha value is -2.84. The number of halogens is 1. The molecule has 0 saturated heterocycles. The van der Waals surface area contributed by atoms with Crippen LogP contribution in [0.2, 0.25) is 0 Å². The van der Waals surface area contributed by atoms with Crippen LogP contribution in [0.25, 0.3) is 10.4 Å². The van der Waals surface area contributed by atoms with Gasteiger partial charge < -0.3 is 20.2 Å². The molecular formula is C19H15BrN2O4S. The molecule has 1 aromatic carbocycles. The highest BCUT2D eigenvalue weighted by Gasteiger charge is 2.22. The number of carboxylic acids is 1. The molecule has 0 radical (unpaired) electrons. The van der Waals surface area contributed by atoms with E-state index in [-0.39, 0.29) is 16.9 Å². The number of carboxylic acid groups (broad SMARTS) is 1. The molecule has 3 aromatic rings. The zero-order chi connectivity index (χ0) is 19.4. The second-order valence-electron chi connectivity index (χ2n) is 5.46. The van der Waals surface area contributed by atoms with Gasteiger partial charge in [0.1, 0.15) is 17.5 Å². The third kappa shape index (κ3) is 4.29. The van der Waals surface area contributed by atoms with Crippen LogP contribution in [-0.4, -0.2) is 17.0 Å². The van der Waals surface area contributed by atoms with Gasteiger partial charge >= 0.3 is 5.97 Å². The summed E-state index contributed by atoms with van der Waals surface area (Å²) in [5.41, 5.74) is 1.99. The molecule has 0 aliphatic carbocycles. The SMILES string of the molecule is C/C=C(\Nc1ccoc1)C(=O)Nc1csc(-c2ccc(Br)cc2)c1C(=O)O. The van der Waals surface area contributed by atoms with Crippen molar-refractivity contribution >= 4 is 50.5 Å². The molecule has 3 rings (SSSR count). The van der Waals surface area contributed by atoms with Crippen molar-refractivity contribution in [1.82, 2.24) is 0 Å². The molecule has 0 fully saturated rings. The fourth-order valence-corrected chi connectivity index (χ4v) is 3.68. The number of furan rings is 1. The Kier molecular flexibility index (Phi) is 5.78. The number of carbonyl (C=O) groups is 2. The smallest absolute Gasteiger partial charge is 0.339 e. The monoisotopic (exact) mass is 446 g/mol. The molecule has 8 heteroatoms. The minimum Gasteiger partial charge on any atom is -0.478 e. The van der Waals surface area contributed by atoms with E-state index in [1.807, 2.05) is 24.3 Å². The molecule has 0 unspecified atom stereocenters. The van der Waals surface area contributed by atoms with Crippen molar-refractivity contribution in [3.05, 3.63) is 70.0 Å². The van der Waals surface area contributed by atoms with Gasteiger partial charge in [-0.05, 0) is 30.7 Å². The lowest BCUT2D eigenvalue weighted by Gasteiger charge is -2.10. The van der Waals surface area contributed by atoms with Crippen LogP contribution in [0.1, 0.15) is 17.3 Å². The second-order valence-corrected chi connectivity index (χ2v) is 7.25. The zero-order valence-corrected chi connectivity index (χ0v) is 16.6. The Labute approximate surface area is 167 Å². The first-order chi connectivity index (χ1) is 13.0. The molecule has 2 heterocycles. The van der Waals surface area contributed by atoms with Crippen molar-refractivity contribution in [3.8, 4) is 10.4 Å².